The van der Waals surface area contributed by atoms with Crippen LogP contribution in [-0.4, -0.2) is 24.5 Å². The third-order valence-electron chi connectivity index (χ3n) is 2.99. The summed E-state index contributed by atoms with van der Waals surface area (Å²) < 4.78 is 23.5. The normalized spacial score (nSPS) is 11.3. The highest BCUT2D eigenvalue weighted by atomic mass is 35.5. The van der Waals surface area contributed by atoms with Crippen molar-refractivity contribution in [2.75, 3.05) is 6.61 Å². The van der Waals surface area contributed by atoms with E-state index in [1.165, 1.54) is 25.1 Å². The first kappa shape index (κ1) is 18.5. The van der Waals surface area contributed by atoms with Crippen LogP contribution in [0.3, 0.4) is 0 Å². The van der Waals surface area contributed by atoms with Gasteiger partial charge >= 0.3 is 0 Å². The number of amides is 2. The molecule has 0 bridgehead atoms. The number of carbonyl (C=O) groups excluding carboxylic acids is 2. The van der Waals surface area contributed by atoms with E-state index in [9.17, 15) is 14.0 Å². The van der Waals surface area contributed by atoms with Crippen molar-refractivity contribution in [1.29, 1.82) is 0 Å². The summed E-state index contributed by atoms with van der Waals surface area (Å²) in [7, 11) is 0. The van der Waals surface area contributed by atoms with E-state index in [2.05, 4.69) is 10.9 Å². The Labute approximate surface area is 148 Å². The molecular formula is C17H16ClFN2O4. The molecule has 25 heavy (non-hydrogen) atoms. The summed E-state index contributed by atoms with van der Waals surface area (Å²) in [6.45, 7) is 1.15. The molecule has 2 aromatic rings. The smallest absolute Gasteiger partial charge is 0.279 e. The summed E-state index contributed by atoms with van der Waals surface area (Å²) in [4.78, 5) is 23.5. The molecule has 2 N–H and O–H groups in total. The lowest BCUT2D eigenvalue weighted by molar-refractivity contribution is -0.133. The molecular weight excluding hydrogens is 351 g/mol. The molecule has 0 saturated heterocycles. The summed E-state index contributed by atoms with van der Waals surface area (Å²) in [6.07, 6.45) is -0.842. The second-order valence-electron chi connectivity index (χ2n) is 5.00. The molecule has 1 atom stereocenters. The molecule has 0 spiro atoms. The molecule has 0 fully saturated rings. The minimum atomic E-state index is -0.842. The topological polar surface area (TPSA) is 76.7 Å². The fourth-order valence-corrected chi connectivity index (χ4v) is 1.87. The van der Waals surface area contributed by atoms with Crippen LogP contribution in [0.4, 0.5) is 4.39 Å². The molecule has 0 aromatic heterocycles. The molecule has 2 amide bonds. The van der Waals surface area contributed by atoms with E-state index in [0.29, 0.717) is 10.8 Å². The number of rotatable bonds is 6. The Morgan fingerprint density at radius 1 is 1.12 bits per heavy atom. The molecule has 0 aliphatic rings. The SMILES string of the molecule is CC(Oc1ccc(Cl)cc1)C(=O)NNC(=O)COc1cccc(F)c1. The Balaban J connectivity index is 1.72. The maximum atomic E-state index is 13.0. The van der Waals surface area contributed by atoms with Crippen LogP contribution in [0.2, 0.25) is 5.02 Å². The first-order valence-corrected chi connectivity index (χ1v) is 7.71. The first-order chi connectivity index (χ1) is 11.9. The van der Waals surface area contributed by atoms with Crippen LogP contribution in [-0.2, 0) is 9.59 Å². The average molecular weight is 367 g/mol. The molecule has 0 heterocycles. The van der Waals surface area contributed by atoms with Gasteiger partial charge in [-0.05, 0) is 43.3 Å². The standard InChI is InChI=1S/C17H16ClFN2O4/c1-11(25-14-7-5-12(18)6-8-14)17(23)21-20-16(22)10-24-15-4-2-3-13(19)9-15/h2-9,11H,10H2,1H3,(H,20,22)(H,21,23). The number of hydrazine groups is 1. The summed E-state index contributed by atoms with van der Waals surface area (Å²) in [5.41, 5.74) is 4.40. The van der Waals surface area contributed by atoms with Crippen LogP contribution in [0.25, 0.3) is 0 Å². The summed E-state index contributed by atoms with van der Waals surface area (Å²) in [5, 5.41) is 0.551. The van der Waals surface area contributed by atoms with Gasteiger partial charge in [-0.3, -0.25) is 20.4 Å². The number of carbonyl (C=O) groups is 2. The molecule has 0 aliphatic heterocycles. The largest absolute Gasteiger partial charge is 0.484 e. The quantitative estimate of drug-likeness (QED) is 0.770. The number of hydrogen-bond donors (Lipinski definition) is 2. The Bertz CT molecular complexity index is 740. The van der Waals surface area contributed by atoms with Gasteiger partial charge in [0.15, 0.2) is 12.7 Å². The van der Waals surface area contributed by atoms with Gasteiger partial charge < -0.3 is 9.47 Å². The van der Waals surface area contributed by atoms with E-state index in [1.807, 2.05) is 0 Å². The molecule has 1 unspecified atom stereocenters. The molecule has 0 aliphatic carbocycles. The number of halogens is 2. The van der Waals surface area contributed by atoms with Crippen molar-refractivity contribution >= 4 is 23.4 Å². The van der Waals surface area contributed by atoms with Gasteiger partial charge in [-0.1, -0.05) is 17.7 Å². The number of hydrogen-bond acceptors (Lipinski definition) is 4. The maximum Gasteiger partial charge on any atom is 0.279 e. The van der Waals surface area contributed by atoms with E-state index >= 15 is 0 Å². The van der Waals surface area contributed by atoms with Gasteiger partial charge in [-0.2, -0.15) is 0 Å². The summed E-state index contributed by atoms with van der Waals surface area (Å²) >= 11 is 5.76. The number of benzene rings is 2. The van der Waals surface area contributed by atoms with E-state index < -0.39 is 23.7 Å². The van der Waals surface area contributed by atoms with Gasteiger partial charge in [0.1, 0.15) is 17.3 Å². The van der Waals surface area contributed by atoms with Crippen LogP contribution in [0.15, 0.2) is 48.5 Å². The highest BCUT2D eigenvalue weighted by molar-refractivity contribution is 6.30. The van der Waals surface area contributed by atoms with E-state index in [4.69, 9.17) is 21.1 Å². The Morgan fingerprint density at radius 3 is 2.52 bits per heavy atom. The van der Waals surface area contributed by atoms with Gasteiger partial charge in [-0.25, -0.2) is 4.39 Å². The Morgan fingerprint density at radius 2 is 1.84 bits per heavy atom. The monoisotopic (exact) mass is 366 g/mol. The van der Waals surface area contributed by atoms with Crippen molar-refractivity contribution in [3.05, 3.63) is 59.4 Å². The van der Waals surface area contributed by atoms with Crippen LogP contribution in [0.1, 0.15) is 6.92 Å². The van der Waals surface area contributed by atoms with Gasteiger partial charge in [0, 0.05) is 11.1 Å². The zero-order valence-corrected chi connectivity index (χ0v) is 14.0. The fraction of sp³-hybridized carbons (Fsp3) is 0.176. The third kappa shape index (κ3) is 6.31. The fourth-order valence-electron chi connectivity index (χ4n) is 1.75. The van der Waals surface area contributed by atoms with Crippen LogP contribution >= 0.6 is 11.6 Å². The molecule has 132 valence electrons. The minimum Gasteiger partial charge on any atom is -0.484 e. The van der Waals surface area contributed by atoms with Crippen LogP contribution in [0, 0.1) is 5.82 Å². The molecule has 8 heteroatoms. The van der Waals surface area contributed by atoms with Crippen molar-refractivity contribution < 1.29 is 23.5 Å². The number of ether oxygens (including phenoxy) is 2. The second kappa shape index (κ2) is 8.89. The highest BCUT2D eigenvalue weighted by Gasteiger charge is 2.15. The van der Waals surface area contributed by atoms with Gasteiger partial charge in [-0.15, -0.1) is 0 Å². The molecule has 2 aromatic carbocycles. The zero-order valence-electron chi connectivity index (χ0n) is 13.3. The average Bonchev–Trinajstić information content (AvgIpc) is 2.60. The lowest BCUT2D eigenvalue weighted by Crippen LogP contribution is -2.48. The van der Waals surface area contributed by atoms with Gasteiger partial charge in [0.25, 0.3) is 11.8 Å². The van der Waals surface area contributed by atoms with Crippen molar-refractivity contribution in [2.45, 2.75) is 13.0 Å². The summed E-state index contributed by atoms with van der Waals surface area (Å²) in [6, 6.07) is 11.9. The van der Waals surface area contributed by atoms with Crippen molar-refractivity contribution in [3.63, 3.8) is 0 Å². The minimum absolute atomic E-state index is 0.209. The Hall–Kier alpha value is -2.80. The Kier molecular flexibility index (Phi) is 6.59. The van der Waals surface area contributed by atoms with E-state index in [1.54, 1.807) is 24.3 Å². The van der Waals surface area contributed by atoms with Crippen molar-refractivity contribution in [1.82, 2.24) is 10.9 Å². The third-order valence-corrected chi connectivity index (χ3v) is 3.24. The molecule has 2 rings (SSSR count). The maximum absolute atomic E-state index is 13.0. The van der Waals surface area contributed by atoms with E-state index in [0.717, 1.165) is 6.07 Å². The van der Waals surface area contributed by atoms with Crippen LogP contribution in [0.5, 0.6) is 11.5 Å². The lowest BCUT2D eigenvalue weighted by atomic mass is 10.3. The predicted molar refractivity (Wildman–Crippen MR) is 89.7 cm³/mol. The molecule has 0 radical (unpaired) electrons. The lowest BCUT2D eigenvalue weighted by Gasteiger charge is -2.15. The summed E-state index contributed by atoms with van der Waals surface area (Å²) in [5.74, 6) is -0.946. The zero-order chi connectivity index (χ0) is 18.2. The molecule has 0 saturated carbocycles. The first-order valence-electron chi connectivity index (χ1n) is 7.33. The second-order valence-corrected chi connectivity index (χ2v) is 5.43. The van der Waals surface area contributed by atoms with Gasteiger partial charge in [0.05, 0.1) is 0 Å². The molecule has 6 nitrogen and oxygen atoms in total. The van der Waals surface area contributed by atoms with Gasteiger partial charge in [0.2, 0.25) is 0 Å². The van der Waals surface area contributed by atoms with Crippen molar-refractivity contribution in [2.24, 2.45) is 0 Å². The number of nitrogens with one attached hydrogen (secondary N) is 2. The van der Waals surface area contributed by atoms with E-state index in [-0.39, 0.29) is 12.4 Å². The predicted octanol–water partition coefficient (Wildman–Crippen LogP) is 2.47. The van der Waals surface area contributed by atoms with Crippen molar-refractivity contribution in [3.8, 4) is 11.5 Å². The highest BCUT2D eigenvalue weighted by Crippen LogP contribution is 2.16. The van der Waals surface area contributed by atoms with Crippen LogP contribution < -0.4 is 20.3 Å².